The molecular formula is C16H20F3N3O2S. The Labute approximate surface area is 144 Å². The maximum atomic E-state index is 13.0. The lowest BCUT2D eigenvalue weighted by Gasteiger charge is -2.22. The Morgan fingerprint density at radius 2 is 1.88 bits per heavy atom. The molecule has 0 aliphatic carbocycles. The van der Waals surface area contributed by atoms with Gasteiger partial charge in [0.25, 0.3) is 0 Å². The number of sulfonamides is 1. The molecule has 1 unspecified atom stereocenters. The van der Waals surface area contributed by atoms with E-state index in [9.17, 15) is 21.6 Å². The molecule has 0 spiro atoms. The van der Waals surface area contributed by atoms with Crippen LogP contribution in [-0.2, 0) is 10.0 Å². The summed E-state index contributed by atoms with van der Waals surface area (Å²) in [7, 11) is -4.14. The Bertz CT molecular complexity index is 829. The van der Waals surface area contributed by atoms with E-state index in [2.05, 4.69) is 9.82 Å². The van der Waals surface area contributed by atoms with Gasteiger partial charge in [0.15, 0.2) is 0 Å². The summed E-state index contributed by atoms with van der Waals surface area (Å²) in [5.41, 5.74) is 0.872. The van der Waals surface area contributed by atoms with E-state index in [1.165, 1.54) is 16.9 Å². The topological polar surface area (TPSA) is 64.0 Å². The number of halogens is 3. The number of alkyl halides is 3. The van der Waals surface area contributed by atoms with Crippen molar-refractivity contribution in [2.24, 2.45) is 0 Å². The van der Waals surface area contributed by atoms with Crippen molar-refractivity contribution >= 4 is 10.0 Å². The zero-order valence-corrected chi connectivity index (χ0v) is 14.9. The average Bonchev–Trinajstić information content (AvgIpc) is 2.96. The fourth-order valence-corrected chi connectivity index (χ4v) is 3.58. The van der Waals surface area contributed by atoms with Crippen LogP contribution in [0.15, 0.2) is 41.6 Å². The van der Waals surface area contributed by atoms with Crippen molar-refractivity contribution in [1.29, 1.82) is 0 Å². The summed E-state index contributed by atoms with van der Waals surface area (Å²) in [6, 6.07) is 4.93. The molecule has 1 N–H and O–H groups in total. The van der Waals surface area contributed by atoms with Crippen LogP contribution in [0.5, 0.6) is 0 Å². The first-order chi connectivity index (χ1) is 11.5. The Hall–Kier alpha value is -1.87. The van der Waals surface area contributed by atoms with Crippen molar-refractivity contribution in [3.05, 3.63) is 47.8 Å². The van der Waals surface area contributed by atoms with Crippen LogP contribution in [0, 0.1) is 6.92 Å². The molecule has 2 aromatic rings. The maximum absolute atomic E-state index is 13.0. The van der Waals surface area contributed by atoms with Crippen LogP contribution in [0.25, 0.3) is 0 Å². The summed E-state index contributed by atoms with van der Waals surface area (Å²) in [5.74, 6) is 0. The van der Waals surface area contributed by atoms with Gasteiger partial charge in [0.05, 0.1) is 18.7 Å². The van der Waals surface area contributed by atoms with E-state index >= 15 is 0 Å². The third-order valence-corrected chi connectivity index (χ3v) is 5.14. The lowest BCUT2D eigenvalue weighted by Crippen LogP contribution is -2.32. The number of hydrogen-bond acceptors (Lipinski definition) is 3. The monoisotopic (exact) mass is 375 g/mol. The fraction of sp³-hybridized carbons (Fsp3) is 0.438. The number of aromatic nitrogens is 2. The Balaban J connectivity index is 2.36. The Morgan fingerprint density at radius 3 is 2.40 bits per heavy atom. The van der Waals surface area contributed by atoms with E-state index in [-0.39, 0.29) is 10.9 Å². The highest BCUT2D eigenvalue weighted by molar-refractivity contribution is 7.89. The molecule has 0 bridgehead atoms. The van der Waals surface area contributed by atoms with E-state index in [1.54, 1.807) is 25.1 Å². The molecule has 0 aliphatic heterocycles. The molecule has 2 rings (SSSR count). The predicted octanol–water partition coefficient (Wildman–Crippen LogP) is 3.74. The van der Waals surface area contributed by atoms with Gasteiger partial charge in [0.2, 0.25) is 10.0 Å². The molecular weight excluding hydrogens is 355 g/mol. The first-order valence-corrected chi connectivity index (χ1v) is 9.16. The minimum absolute atomic E-state index is 0.0636. The molecule has 1 atom stereocenters. The third-order valence-electron chi connectivity index (χ3n) is 3.71. The van der Waals surface area contributed by atoms with Crippen molar-refractivity contribution in [3.8, 4) is 0 Å². The first kappa shape index (κ1) is 19.5. The van der Waals surface area contributed by atoms with Gasteiger partial charge in [-0.2, -0.15) is 18.3 Å². The molecule has 0 saturated heterocycles. The minimum Gasteiger partial charge on any atom is -0.269 e. The summed E-state index contributed by atoms with van der Waals surface area (Å²) in [6.45, 7) is 5.27. The number of rotatable bonds is 6. The van der Waals surface area contributed by atoms with Crippen molar-refractivity contribution < 1.29 is 21.6 Å². The Morgan fingerprint density at radius 1 is 1.24 bits per heavy atom. The van der Waals surface area contributed by atoms with Crippen LogP contribution in [0.2, 0.25) is 0 Å². The van der Waals surface area contributed by atoms with E-state index < -0.39 is 28.7 Å². The van der Waals surface area contributed by atoms with Crippen LogP contribution >= 0.6 is 0 Å². The van der Waals surface area contributed by atoms with Crippen LogP contribution in [0.4, 0.5) is 13.2 Å². The third kappa shape index (κ3) is 5.05. The smallest absolute Gasteiger partial charge is 0.269 e. The molecule has 138 valence electrons. The number of nitrogens with one attached hydrogen (secondary N) is 1. The van der Waals surface area contributed by atoms with Gasteiger partial charge >= 0.3 is 6.18 Å². The highest BCUT2D eigenvalue weighted by atomic mass is 32.2. The van der Waals surface area contributed by atoms with E-state index in [0.717, 1.165) is 6.20 Å². The predicted molar refractivity (Wildman–Crippen MR) is 87.5 cm³/mol. The largest absolute Gasteiger partial charge is 0.390 e. The molecule has 0 amide bonds. The lowest BCUT2D eigenvalue weighted by atomic mass is 9.99. The van der Waals surface area contributed by atoms with Crippen LogP contribution in [0.1, 0.15) is 43.5 Å². The zero-order chi connectivity index (χ0) is 18.8. The van der Waals surface area contributed by atoms with Gasteiger partial charge in [-0.05, 0) is 31.9 Å². The van der Waals surface area contributed by atoms with Crippen LogP contribution in [-0.4, -0.2) is 24.4 Å². The Kier molecular flexibility index (Phi) is 5.58. The maximum Gasteiger partial charge on any atom is 0.390 e. The van der Waals surface area contributed by atoms with Gasteiger partial charge in [-0.1, -0.05) is 24.3 Å². The van der Waals surface area contributed by atoms with Crippen molar-refractivity contribution in [2.45, 2.75) is 50.3 Å². The van der Waals surface area contributed by atoms with Gasteiger partial charge in [-0.15, -0.1) is 0 Å². The van der Waals surface area contributed by atoms with Crippen molar-refractivity contribution in [3.63, 3.8) is 0 Å². The average molecular weight is 375 g/mol. The van der Waals surface area contributed by atoms with E-state index in [1.807, 2.05) is 13.8 Å². The second-order valence-corrected chi connectivity index (χ2v) is 7.81. The van der Waals surface area contributed by atoms with Gasteiger partial charge in [-0.3, -0.25) is 4.68 Å². The highest BCUT2D eigenvalue weighted by Gasteiger charge is 2.35. The van der Waals surface area contributed by atoms with E-state index in [0.29, 0.717) is 11.1 Å². The highest BCUT2D eigenvalue weighted by Crippen LogP contribution is 2.32. The minimum atomic E-state index is -4.52. The number of hydrogen-bond donors (Lipinski definition) is 1. The van der Waals surface area contributed by atoms with Crippen LogP contribution in [0.3, 0.4) is 0 Å². The van der Waals surface area contributed by atoms with Gasteiger partial charge in [0, 0.05) is 12.2 Å². The van der Waals surface area contributed by atoms with Crippen molar-refractivity contribution in [2.75, 3.05) is 0 Å². The number of benzene rings is 1. The van der Waals surface area contributed by atoms with Gasteiger partial charge in [-0.25, -0.2) is 13.1 Å². The molecule has 5 nitrogen and oxygen atoms in total. The second kappa shape index (κ2) is 7.17. The summed E-state index contributed by atoms with van der Waals surface area (Å²) in [5, 5.41) is 3.93. The fourth-order valence-electron chi connectivity index (χ4n) is 2.42. The summed E-state index contributed by atoms with van der Waals surface area (Å²) < 4.78 is 67.5. The quantitative estimate of drug-likeness (QED) is 0.836. The van der Waals surface area contributed by atoms with Crippen LogP contribution < -0.4 is 4.72 Å². The molecule has 0 radical (unpaired) electrons. The molecule has 0 fully saturated rings. The second-order valence-electron chi connectivity index (χ2n) is 6.10. The molecule has 25 heavy (non-hydrogen) atoms. The normalized spacial score (nSPS) is 14.0. The summed E-state index contributed by atoms with van der Waals surface area (Å²) >= 11 is 0. The molecule has 1 aromatic heterocycles. The van der Waals surface area contributed by atoms with Gasteiger partial charge in [0.1, 0.15) is 4.90 Å². The summed E-state index contributed by atoms with van der Waals surface area (Å²) in [6.07, 6.45) is -3.38. The van der Waals surface area contributed by atoms with Gasteiger partial charge < -0.3 is 0 Å². The molecule has 0 saturated carbocycles. The number of aryl methyl sites for hydroxylation is 1. The van der Waals surface area contributed by atoms with E-state index in [4.69, 9.17) is 0 Å². The number of nitrogens with zero attached hydrogens (tertiary/aromatic N) is 2. The first-order valence-electron chi connectivity index (χ1n) is 7.68. The molecule has 9 heteroatoms. The molecule has 0 aliphatic rings. The SMILES string of the molecule is Cc1ccccc1C(CC(F)(F)F)NS(=O)(=O)c1cnn(C(C)C)c1. The molecule has 1 heterocycles. The van der Waals surface area contributed by atoms with Crippen molar-refractivity contribution in [1.82, 2.24) is 14.5 Å². The molecule has 1 aromatic carbocycles. The lowest BCUT2D eigenvalue weighted by molar-refractivity contribution is -0.139. The summed E-state index contributed by atoms with van der Waals surface area (Å²) in [4.78, 5) is -0.165. The zero-order valence-electron chi connectivity index (χ0n) is 14.1. The standard InChI is InChI=1S/C16H20F3N3O2S/c1-11(2)22-10-13(9-20-22)25(23,24)21-15(8-16(17,18)19)14-7-5-4-6-12(14)3/h4-7,9-11,15,21H,8H2,1-3H3.